The molecule has 1 saturated heterocycles. The van der Waals surface area contributed by atoms with Crippen LogP contribution < -0.4 is 5.73 Å². The maximum atomic E-state index is 11.3. The van der Waals surface area contributed by atoms with Crippen molar-refractivity contribution in [1.29, 1.82) is 0 Å². The molecule has 2 aliphatic rings. The second kappa shape index (κ2) is 2.47. The van der Waals surface area contributed by atoms with Gasteiger partial charge in [-0.1, -0.05) is 6.92 Å². The summed E-state index contributed by atoms with van der Waals surface area (Å²) < 4.78 is 0. The SMILES string of the molecule is CC1CCN2C(N)=NC(=O)C2C1. The van der Waals surface area contributed by atoms with Gasteiger partial charge in [0.05, 0.1) is 0 Å². The van der Waals surface area contributed by atoms with Gasteiger partial charge in [-0.05, 0) is 18.8 Å². The normalized spacial score (nSPS) is 34.9. The Labute approximate surface area is 71.4 Å². The Morgan fingerprint density at radius 3 is 3.17 bits per heavy atom. The van der Waals surface area contributed by atoms with Crippen LogP contribution in [0.5, 0.6) is 0 Å². The van der Waals surface area contributed by atoms with Crippen LogP contribution in [-0.4, -0.2) is 29.4 Å². The first-order valence-electron chi connectivity index (χ1n) is 4.33. The van der Waals surface area contributed by atoms with Crippen LogP contribution in [0.4, 0.5) is 0 Å². The first-order valence-corrected chi connectivity index (χ1v) is 4.33. The van der Waals surface area contributed by atoms with Crippen LogP contribution in [0.1, 0.15) is 19.8 Å². The highest BCUT2D eigenvalue weighted by Crippen LogP contribution is 2.25. The highest BCUT2D eigenvalue weighted by Gasteiger charge is 2.37. The highest BCUT2D eigenvalue weighted by molar-refractivity contribution is 6.02. The third-order valence-electron chi connectivity index (χ3n) is 2.67. The summed E-state index contributed by atoms with van der Waals surface area (Å²) in [5.41, 5.74) is 5.58. The molecule has 0 aliphatic carbocycles. The van der Waals surface area contributed by atoms with Crippen molar-refractivity contribution in [2.75, 3.05) is 6.54 Å². The molecule has 2 heterocycles. The number of nitrogens with zero attached hydrogens (tertiary/aromatic N) is 2. The maximum absolute atomic E-state index is 11.3. The average Bonchev–Trinajstić information content (AvgIpc) is 2.28. The lowest BCUT2D eigenvalue weighted by atomic mass is 9.93. The summed E-state index contributed by atoms with van der Waals surface area (Å²) in [5, 5.41) is 0. The first kappa shape index (κ1) is 7.58. The Morgan fingerprint density at radius 2 is 2.42 bits per heavy atom. The van der Waals surface area contributed by atoms with E-state index < -0.39 is 0 Å². The molecule has 2 atom stereocenters. The molecule has 2 N–H and O–H groups in total. The van der Waals surface area contributed by atoms with Gasteiger partial charge in [-0.15, -0.1) is 0 Å². The molecule has 2 unspecified atom stereocenters. The van der Waals surface area contributed by atoms with Crippen molar-refractivity contribution in [3.8, 4) is 0 Å². The van der Waals surface area contributed by atoms with E-state index in [1.807, 2.05) is 4.90 Å². The monoisotopic (exact) mass is 167 g/mol. The van der Waals surface area contributed by atoms with Gasteiger partial charge in [0.15, 0.2) is 5.96 Å². The molecule has 0 spiro atoms. The number of rotatable bonds is 0. The molecule has 2 aliphatic heterocycles. The summed E-state index contributed by atoms with van der Waals surface area (Å²) in [6, 6.07) is -0.0475. The van der Waals surface area contributed by atoms with Crippen LogP contribution in [0, 0.1) is 5.92 Å². The molecule has 66 valence electrons. The van der Waals surface area contributed by atoms with Gasteiger partial charge in [-0.25, -0.2) is 0 Å². The second-order valence-electron chi connectivity index (χ2n) is 3.65. The number of hydrogen-bond acceptors (Lipinski definition) is 3. The number of carbonyl (C=O) groups is 1. The Kier molecular flexibility index (Phi) is 1.56. The number of carbonyl (C=O) groups excluding carboxylic acids is 1. The predicted molar refractivity (Wildman–Crippen MR) is 45.5 cm³/mol. The Bertz CT molecular complexity index is 249. The van der Waals surface area contributed by atoms with E-state index >= 15 is 0 Å². The fourth-order valence-corrected chi connectivity index (χ4v) is 1.90. The van der Waals surface area contributed by atoms with E-state index in [1.54, 1.807) is 0 Å². The smallest absolute Gasteiger partial charge is 0.271 e. The lowest BCUT2D eigenvalue weighted by Crippen LogP contribution is -2.46. The zero-order valence-electron chi connectivity index (χ0n) is 7.16. The van der Waals surface area contributed by atoms with Crippen molar-refractivity contribution in [1.82, 2.24) is 4.90 Å². The molecular formula is C8H13N3O. The van der Waals surface area contributed by atoms with Gasteiger partial charge < -0.3 is 10.6 Å². The van der Waals surface area contributed by atoms with Gasteiger partial charge in [0.2, 0.25) is 0 Å². The number of amides is 1. The summed E-state index contributed by atoms with van der Waals surface area (Å²) in [7, 11) is 0. The highest BCUT2D eigenvalue weighted by atomic mass is 16.2. The van der Waals surface area contributed by atoms with Crippen LogP contribution >= 0.6 is 0 Å². The molecule has 0 aromatic carbocycles. The minimum Gasteiger partial charge on any atom is -0.369 e. The van der Waals surface area contributed by atoms with Gasteiger partial charge in [0.1, 0.15) is 6.04 Å². The third kappa shape index (κ3) is 0.983. The Balaban J connectivity index is 2.17. The number of nitrogens with two attached hydrogens (primary N) is 1. The van der Waals surface area contributed by atoms with E-state index in [2.05, 4.69) is 11.9 Å². The summed E-state index contributed by atoms with van der Waals surface area (Å²) in [5.74, 6) is 0.979. The number of hydrogen-bond donors (Lipinski definition) is 1. The van der Waals surface area contributed by atoms with E-state index in [9.17, 15) is 4.79 Å². The summed E-state index contributed by atoms with van der Waals surface area (Å²) >= 11 is 0. The van der Waals surface area contributed by atoms with Crippen LogP contribution in [0.3, 0.4) is 0 Å². The number of fused-ring (bicyclic) bond motifs is 1. The first-order chi connectivity index (χ1) is 5.68. The van der Waals surface area contributed by atoms with Crippen LogP contribution in [-0.2, 0) is 4.79 Å². The predicted octanol–water partition coefficient (Wildman–Crippen LogP) is -0.0582. The molecule has 1 fully saturated rings. The molecule has 0 saturated carbocycles. The Hall–Kier alpha value is -1.06. The number of guanidine groups is 1. The van der Waals surface area contributed by atoms with Crippen molar-refractivity contribution in [2.24, 2.45) is 16.6 Å². The maximum Gasteiger partial charge on any atom is 0.271 e. The molecule has 0 aromatic rings. The topological polar surface area (TPSA) is 58.7 Å². The van der Waals surface area contributed by atoms with Gasteiger partial charge >= 0.3 is 0 Å². The van der Waals surface area contributed by atoms with Crippen molar-refractivity contribution in [3.05, 3.63) is 0 Å². The van der Waals surface area contributed by atoms with E-state index in [4.69, 9.17) is 5.73 Å². The van der Waals surface area contributed by atoms with Crippen LogP contribution in [0.25, 0.3) is 0 Å². The van der Waals surface area contributed by atoms with Gasteiger partial charge in [0, 0.05) is 6.54 Å². The van der Waals surface area contributed by atoms with Crippen LogP contribution in [0.2, 0.25) is 0 Å². The minimum absolute atomic E-state index is 0.0475. The van der Waals surface area contributed by atoms with E-state index in [1.165, 1.54) is 0 Å². The third-order valence-corrected chi connectivity index (χ3v) is 2.67. The fraction of sp³-hybridized carbons (Fsp3) is 0.750. The molecule has 4 nitrogen and oxygen atoms in total. The summed E-state index contributed by atoms with van der Waals surface area (Å²) in [4.78, 5) is 16.9. The summed E-state index contributed by atoms with van der Waals surface area (Å²) in [6.07, 6.45) is 2.02. The standard InChI is InChI=1S/C8H13N3O/c1-5-2-3-11-6(4-5)7(12)10-8(11)9/h5-6H,2-4H2,1H3,(H2,9,10,12). The van der Waals surface area contributed by atoms with Gasteiger partial charge in [0.25, 0.3) is 5.91 Å². The quantitative estimate of drug-likeness (QED) is 0.550. The number of piperidine rings is 1. The van der Waals surface area contributed by atoms with Crippen molar-refractivity contribution < 1.29 is 4.79 Å². The lowest BCUT2D eigenvalue weighted by molar-refractivity contribution is -0.121. The molecule has 1 amide bonds. The average molecular weight is 167 g/mol. The van der Waals surface area contributed by atoms with E-state index in [-0.39, 0.29) is 11.9 Å². The minimum atomic E-state index is -0.0564. The zero-order valence-corrected chi connectivity index (χ0v) is 7.16. The van der Waals surface area contributed by atoms with Crippen molar-refractivity contribution >= 4 is 11.9 Å². The van der Waals surface area contributed by atoms with Crippen molar-refractivity contribution in [2.45, 2.75) is 25.8 Å². The summed E-state index contributed by atoms with van der Waals surface area (Å²) in [6.45, 7) is 3.05. The van der Waals surface area contributed by atoms with Crippen molar-refractivity contribution in [3.63, 3.8) is 0 Å². The molecule has 0 radical (unpaired) electrons. The van der Waals surface area contributed by atoms with Gasteiger partial charge in [-0.3, -0.25) is 4.79 Å². The molecule has 0 bridgehead atoms. The lowest BCUT2D eigenvalue weighted by Gasteiger charge is -2.32. The molecule has 12 heavy (non-hydrogen) atoms. The van der Waals surface area contributed by atoms with E-state index in [0.29, 0.717) is 11.9 Å². The second-order valence-corrected chi connectivity index (χ2v) is 3.65. The molecule has 4 heteroatoms. The van der Waals surface area contributed by atoms with E-state index in [0.717, 1.165) is 19.4 Å². The molecule has 2 rings (SSSR count). The largest absolute Gasteiger partial charge is 0.369 e. The molecule has 0 aromatic heterocycles. The Morgan fingerprint density at radius 1 is 1.67 bits per heavy atom. The van der Waals surface area contributed by atoms with Crippen LogP contribution in [0.15, 0.2) is 4.99 Å². The number of aliphatic imine (C=N–C) groups is 1. The fourth-order valence-electron chi connectivity index (χ4n) is 1.90. The zero-order chi connectivity index (χ0) is 8.72. The van der Waals surface area contributed by atoms with Gasteiger partial charge in [-0.2, -0.15) is 4.99 Å². The molecular weight excluding hydrogens is 154 g/mol.